The molecule has 7 nitrogen and oxygen atoms in total. The molecule has 3 heterocycles. The minimum Gasteiger partial charge on any atom is -0.369 e. The Morgan fingerprint density at radius 1 is 1.21 bits per heavy atom. The molecule has 1 fully saturated rings. The average molecular weight is 379 g/mol. The number of likely N-dealkylation sites (tertiary alicyclic amines) is 1. The van der Waals surface area contributed by atoms with E-state index in [0.717, 1.165) is 41.9 Å². The Bertz CT molecular complexity index is 942. The summed E-state index contributed by atoms with van der Waals surface area (Å²) >= 11 is 0. The number of aromatic nitrogens is 2. The van der Waals surface area contributed by atoms with Gasteiger partial charge in [-0.2, -0.15) is 5.10 Å². The highest BCUT2D eigenvalue weighted by atomic mass is 16.2. The molecule has 1 atom stereocenters. The van der Waals surface area contributed by atoms with Crippen molar-refractivity contribution in [1.82, 2.24) is 15.1 Å². The van der Waals surface area contributed by atoms with Crippen LogP contribution in [0.5, 0.6) is 0 Å². The van der Waals surface area contributed by atoms with Gasteiger partial charge in [-0.05, 0) is 50.2 Å². The number of hydrogen-bond acceptors (Lipinski definition) is 4. The summed E-state index contributed by atoms with van der Waals surface area (Å²) in [6.07, 6.45) is 4.18. The summed E-state index contributed by atoms with van der Waals surface area (Å²) < 4.78 is 0. The van der Waals surface area contributed by atoms with E-state index in [1.54, 1.807) is 0 Å². The third-order valence-electron chi connectivity index (χ3n) is 6.48. The smallest absolute Gasteiger partial charge is 0.274 e. The number of piperidine rings is 1. The quantitative estimate of drug-likeness (QED) is 0.710. The predicted molar refractivity (Wildman–Crippen MR) is 106 cm³/mol. The lowest BCUT2D eigenvalue weighted by Gasteiger charge is -2.44. The highest BCUT2D eigenvalue weighted by Crippen LogP contribution is 2.36. The first-order valence-corrected chi connectivity index (χ1v) is 10.1. The number of anilines is 2. The van der Waals surface area contributed by atoms with Crippen LogP contribution in [0, 0.1) is 5.92 Å². The van der Waals surface area contributed by atoms with Crippen molar-refractivity contribution in [2.24, 2.45) is 5.92 Å². The summed E-state index contributed by atoms with van der Waals surface area (Å²) in [4.78, 5) is 27.7. The maximum Gasteiger partial charge on any atom is 0.274 e. The van der Waals surface area contributed by atoms with E-state index in [2.05, 4.69) is 27.8 Å². The molecule has 5 rings (SSSR count). The van der Waals surface area contributed by atoms with Gasteiger partial charge >= 0.3 is 0 Å². The van der Waals surface area contributed by atoms with E-state index in [1.807, 2.05) is 29.2 Å². The number of carbonyl (C=O) groups excluding carboxylic acids is 2. The first-order chi connectivity index (χ1) is 13.6. The first-order valence-electron chi connectivity index (χ1n) is 10.1. The van der Waals surface area contributed by atoms with Crippen LogP contribution in [0.1, 0.15) is 47.9 Å². The van der Waals surface area contributed by atoms with Gasteiger partial charge in [0.15, 0.2) is 5.69 Å². The zero-order valence-corrected chi connectivity index (χ0v) is 16.0. The van der Waals surface area contributed by atoms with Crippen molar-refractivity contribution in [2.45, 2.75) is 44.6 Å². The topological polar surface area (TPSA) is 90.1 Å². The normalized spacial score (nSPS) is 22.8. The van der Waals surface area contributed by atoms with Crippen LogP contribution in [0.15, 0.2) is 24.3 Å². The van der Waals surface area contributed by atoms with E-state index in [1.165, 1.54) is 0 Å². The van der Waals surface area contributed by atoms with Crippen molar-refractivity contribution < 1.29 is 9.59 Å². The second-order valence-corrected chi connectivity index (χ2v) is 8.38. The molecule has 1 aromatic heterocycles. The van der Waals surface area contributed by atoms with Crippen molar-refractivity contribution in [3.63, 3.8) is 0 Å². The number of hydrogen-bond donors (Lipinski definition) is 3. The minimum absolute atomic E-state index is 0.00993. The number of benzene rings is 1. The summed E-state index contributed by atoms with van der Waals surface area (Å²) in [7, 11) is 0. The van der Waals surface area contributed by atoms with Gasteiger partial charge in [-0.3, -0.25) is 14.7 Å². The number of amides is 2. The molecule has 0 bridgehead atoms. The summed E-state index contributed by atoms with van der Waals surface area (Å²) in [6.45, 7) is 3.30. The highest BCUT2D eigenvalue weighted by molar-refractivity contribution is 6.06. The summed E-state index contributed by atoms with van der Waals surface area (Å²) in [5, 5.41) is 13.9. The number of carbonyl (C=O) groups is 2. The second kappa shape index (κ2) is 6.36. The monoisotopic (exact) mass is 379 g/mol. The van der Waals surface area contributed by atoms with E-state index in [0.29, 0.717) is 37.5 Å². The molecule has 146 valence electrons. The Morgan fingerprint density at radius 3 is 2.75 bits per heavy atom. The zero-order chi connectivity index (χ0) is 19.3. The number of aryl methyl sites for hydroxylation is 1. The van der Waals surface area contributed by atoms with Gasteiger partial charge in [0.25, 0.3) is 5.91 Å². The predicted octanol–water partition coefficient (Wildman–Crippen LogP) is 2.57. The van der Waals surface area contributed by atoms with Crippen LogP contribution < -0.4 is 10.6 Å². The number of rotatable bonds is 1. The van der Waals surface area contributed by atoms with Crippen LogP contribution in [0.2, 0.25) is 0 Å². The first kappa shape index (κ1) is 17.3. The fourth-order valence-electron chi connectivity index (χ4n) is 4.70. The molecule has 2 amide bonds. The molecular weight excluding hydrogens is 354 g/mol. The average Bonchev–Trinajstić information content (AvgIpc) is 3.12. The van der Waals surface area contributed by atoms with Gasteiger partial charge in [-0.1, -0.05) is 19.1 Å². The molecule has 2 aliphatic heterocycles. The summed E-state index contributed by atoms with van der Waals surface area (Å²) in [5.41, 5.74) is 3.88. The van der Waals surface area contributed by atoms with Crippen LogP contribution in [0.25, 0.3) is 0 Å². The summed E-state index contributed by atoms with van der Waals surface area (Å²) in [6, 6.07) is 7.74. The van der Waals surface area contributed by atoms with Crippen molar-refractivity contribution in [1.29, 1.82) is 0 Å². The molecule has 3 N–H and O–H groups in total. The maximum absolute atomic E-state index is 13.1. The Labute approximate surface area is 163 Å². The molecule has 3 aliphatic rings. The molecule has 2 aromatic rings. The van der Waals surface area contributed by atoms with Crippen LogP contribution >= 0.6 is 0 Å². The molecule has 28 heavy (non-hydrogen) atoms. The number of aromatic amines is 1. The SMILES string of the molecule is CC1CCc2[nH]nc(C(=O)N3CCC4(CC3)Nc3ccccc3NC4=O)c2C1. The van der Waals surface area contributed by atoms with E-state index in [-0.39, 0.29) is 11.8 Å². The van der Waals surface area contributed by atoms with E-state index < -0.39 is 5.54 Å². The van der Waals surface area contributed by atoms with Crippen molar-refractivity contribution in [2.75, 3.05) is 23.7 Å². The van der Waals surface area contributed by atoms with Crippen LogP contribution in [0.3, 0.4) is 0 Å². The Balaban J connectivity index is 1.32. The van der Waals surface area contributed by atoms with Gasteiger partial charge in [0.2, 0.25) is 5.91 Å². The van der Waals surface area contributed by atoms with E-state index >= 15 is 0 Å². The number of H-pyrrole nitrogens is 1. The van der Waals surface area contributed by atoms with E-state index in [9.17, 15) is 9.59 Å². The highest BCUT2D eigenvalue weighted by Gasteiger charge is 2.45. The van der Waals surface area contributed by atoms with Crippen molar-refractivity contribution >= 4 is 23.2 Å². The van der Waals surface area contributed by atoms with Gasteiger partial charge in [0, 0.05) is 24.3 Å². The minimum atomic E-state index is -0.648. The molecule has 1 unspecified atom stereocenters. The molecule has 1 spiro atoms. The third kappa shape index (κ3) is 2.68. The third-order valence-corrected chi connectivity index (χ3v) is 6.48. The van der Waals surface area contributed by atoms with Gasteiger partial charge < -0.3 is 15.5 Å². The number of para-hydroxylation sites is 2. The van der Waals surface area contributed by atoms with Gasteiger partial charge in [0.1, 0.15) is 5.54 Å². The molecular formula is C21H25N5O2. The Kier molecular flexibility index (Phi) is 3.92. The lowest BCUT2D eigenvalue weighted by Crippen LogP contribution is -2.59. The molecule has 1 aliphatic carbocycles. The van der Waals surface area contributed by atoms with E-state index in [4.69, 9.17) is 0 Å². The van der Waals surface area contributed by atoms with Crippen molar-refractivity contribution in [3.8, 4) is 0 Å². The standard InChI is InChI=1S/C21H25N5O2/c1-13-6-7-15-14(12-13)18(25-24-15)19(27)26-10-8-21(9-11-26)20(28)22-16-4-2-3-5-17(16)23-21/h2-5,13,23H,6-12H2,1H3,(H,22,28)(H,24,25). The van der Waals surface area contributed by atoms with Gasteiger partial charge in [0.05, 0.1) is 11.4 Å². The van der Waals surface area contributed by atoms with Gasteiger partial charge in [-0.25, -0.2) is 0 Å². The zero-order valence-electron chi connectivity index (χ0n) is 16.0. The molecule has 0 saturated carbocycles. The number of nitrogens with one attached hydrogen (secondary N) is 3. The Hall–Kier alpha value is -2.83. The number of nitrogens with zero attached hydrogens (tertiary/aromatic N) is 2. The van der Waals surface area contributed by atoms with Crippen LogP contribution in [-0.4, -0.2) is 45.5 Å². The molecule has 7 heteroatoms. The fourth-order valence-corrected chi connectivity index (χ4v) is 4.70. The van der Waals surface area contributed by atoms with Gasteiger partial charge in [-0.15, -0.1) is 0 Å². The van der Waals surface area contributed by atoms with Crippen LogP contribution in [-0.2, 0) is 17.6 Å². The maximum atomic E-state index is 13.1. The fraction of sp³-hybridized carbons (Fsp3) is 0.476. The lowest BCUT2D eigenvalue weighted by atomic mass is 9.84. The molecule has 1 aromatic carbocycles. The Morgan fingerprint density at radius 2 is 1.96 bits per heavy atom. The molecule has 1 saturated heterocycles. The van der Waals surface area contributed by atoms with Crippen molar-refractivity contribution in [3.05, 3.63) is 41.2 Å². The lowest BCUT2D eigenvalue weighted by molar-refractivity contribution is -0.122. The summed E-state index contributed by atoms with van der Waals surface area (Å²) in [5.74, 6) is 0.554. The molecule has 0 radical (unpaired) electrons. The van der Waals surface area contributed by atoms with Crippen LogP contribution in [0.4, 0.5) is 11.4 Å². The second-order valence-electron chi connectivity index (χ2n) is 8.38. The largest absolute Gasteiger partial charge is 0.369 e. The number of fused-ring (bicyclic) bond motifs is 2.